The predicted octanol–water partition coefficient (Wildman–Crippen LogP) is 4.11. The van der Waals surface area contributed by atoms with Crippen molar-refractivity contribution in [1.29, 1.82) is 0 Å². The molecule has 130 valence electrons. The highest BCUT2D eigenvalue weighted by Crippen LogP contribution is 2.22. The fourth-order valence-electron chi connectivity index (χ4n) is 2.99. The summed E-state index contributed by atoms with van der Waals surface area (Å²) in [5.74, 6) is 0.288. The van der Waals surface area contributed by atoms with Crippen LogP contribution in [-0.2, 0) is 6.54 Å². The van der Waals surface area contributed by atoms with Gasteiger partial charge in [0.1, 0.15) is 0 Å². The molecule has 2 aromatic carbocycles. The lowest BCUT2D eigenvalue weighted by Gasteiger charge is -2.15. The van der Waals surface area contributed by atoms with Crippen LogP contribution in [0.15, 0.2) is 48.5 Å². The first-order valence-electron chi connectivity index (χ1n) is 8.56. The van der Waals surface area contributed by atoms with Crippen LogP contribution in [0.3, 0.4) is 0 Å². The van der Waals surface area contributed by atoms with Crippen LogP contribution in [-0.4, -0.2) is 22.4 Å². The maximum absolute atomic E-state index is 12.2. The number of urea groups is 1. The van der Waals surface area contributed by atoms with E-state index >= 15 is 0 Å². The van der Waals surface area contributed by atoms with Gasteiger partial charge in [-0.3, -0.25) is 4.68 Å². The number of benzene rings is 2. The molecule has 5 heteroatoms. The molecule has 0 radical (unpaired) electrons. The van der Waals surface area contributed by atoms with E-state index in [1.807, 2.05) is 61.0 Å². The Bertz CT molecular complexity index is 879. The first kappa shape index (κ1) is 17.0. The van der Waals surface area contributed by atoms with Gasteiger partial charge in [-0.2, -0.15) is 5.10 Å². The first-order chi connectivity index (χ1) is 12.0. The first-order valence-corrected chi connectivity index (χ1v) is 8.56. The molecule has 5 nitrogen and oxygen atoms in total. The molecule has 1 aromatic heterocycles. The van der Waals surface area contributed by atoms with E-state index < -0.39 is 0 Å². The summed E-state index contributed by atoms with van der Waals surface area (Å²) >= 11 is 0. The molecule has 0 aliphatic rings. The molecule has 1 atom stereocenters. The Morgan fingerprint density at radius 2 is 1.92 bits per heavy atom. The molecule has 25 heavy (non-hydrogen) atoms. The van der Waals surface area contributed by atoms with Gasteiger partial charge in [0.05, 0.1) is 11.4 Å². The standard InChI is InChI=1S/C20H24N4O/c1-14(13-24-16(3)11-15(2)23-24)12-21-20(25)22-19-10-6-8-17-7-4-5-9-18(17)19/h4-11,14H,12-13H2,1-3H3,(H2,21,22,25). The van der Waals surface area contributed by atoms with Crippen LogP contribution < -0.4 is 10.6 Å². The van der Waals surface area contributed by atoms with E-state index in [0.29, 0.717) is 6.54 Å². The maximum atomic E-state index is 12.2. The minimum absolute atomic E-state index is 0.184. The molecule has 0 aliphatic carbocycles. The van der Waals surface area contributed by atoms with E-state index in [-0.39, 0.29) is 11.9 Å². The van der Waals surface area contributed by atoms with Gasteiger partial charge in [-0.1, -0.05) is 43.3 Å². The Balaban J connectivity index is 1.56. The Kier molecular flexibility index (Phi) is 5.03. The quantitative estimate of drug-likeness (QED) is 0.736. The van der Waals surface area contributed by atoms with E-state index in [4.69, 9.17) is 0 Å². The van der Waals surface area contributed by atoms with Crippen molar-refractivity contribution in [2.75, 3.05) is 11.9 Å². The number of fused-ring (bicyclic) bond motifs is 1. The van der Waals surface area contributed by atoms with Crippen LogP contribution in [0.4, 0.5) is 10.5 Å². The number of carbonyl (C=O) groups is 1. The zero-order valence-corrected chi connectivity index (χ0v) is 14.9. The molecular formula is C20H24N4O. The zero-order chi connectivity index (χ0) is 17.8. The Morgan fingerprint density at radius 3 is 2.68 bits per heavy atom. The van der Waals surface area contributed by atoms with Crippen LogP contribution in [0.2, 0.25) is 0 Å². The summed E-state index contributed by atoms with van der Waals surface area (Å²) < 4.78 is 1.99. The summed E-state index contributed by atoms with van der Waals surface area (Å²) in [7, 11) is 0. The Morgan fingerprint density at radius 1 is 1.16 bits per heavy atom. The highest BCUT2D eigenvalue weighted by molar-refractivity contribution is 6.01. The molecule has 0 fully saturated rings. The molecule has 3 aromatic rings. The SMILES string of the molecule is Cc1cc(C)n(CC(C)CNC(=O)Nc2cccc3ccccc23)n1. The molecule has 0 aliphatic heterocycles. The fraction of sp³-hybridized carbons (Fsp3) is 0.300. The van der Waals surface area contributed by atoms with Gasteiger partial charge in [-0.25, -0.2) is 4.79 Å². The summed E-state index contributed by atoms with van der Waals surface area (Å²) in [4.78, 5) is 12.2. The average molecular weight is 336 g/mol. The van der Waals surface area contributed by atoms with Crippen molar-refractivity contribution in [2.24, 2.45) is 5.92 Å². The van der Waals surface area contributed by atoms with Crippen molar-refractivity contribution in [3.8, 4) is 0 Å². The molecule has 0 saturated carbocycles. The highest BCUT2D eigenvalue weighted by atomic mass is 16.2. The number of hydrogen-bond acceptors (Lipinski definition) is 2. The summed E-state index contributed by atoms with van der Waals surface area (Å²) in [6, 6.07) is 15.8. The Labute approximate surface area is 148 Å². The fourth-order valence-corrected chi connectivity index (χ4v) is 2.99. The van der Waals surface area contributed by atoms with Crippen LogP contribution in [0.1, 0.15) is 18.3 Å². The number of rotatable bonds is 5. The number of carbonyl (C=O) groups excluding carboxylic acids is 1. The molecule has 0 spiro atoms. The molecular weight excluding hydrogens is 312 g/mol. The maximum Gasteiger partial charge on any atom is 0.319 e. The number of aromatic nitrogens is 2. The largest absolute Gasteiger partial charge is 0.338 e. The smallest absolute Gasteiger partial charge is 0.319 e. The van der Waals surface area contributed by atoms with Crippen LogP contribution >= 0.6 is 0 Å². The summed E-state index contributed by atoms with van der Waals surface area (Å²) in [6.07, 6.45) is 0. The monoisotopic (exact) mass is 336 g/mol. The molecule has 1 unspecified atom stereocenters. The minimum atomic E-state index is -0.184. The minimum Gasteiger partial charge on any atom is -0.338 e. The van der Waals surface area contributed by atoms with Crippen molar-refractivity contribution in [1.82, 2.24) is 15.1 Å². The number of hydrogen-bond donors (Lipinski definition) is 2. The summed E-state index contributed by atoms with van der Waals surface area (Å²) in [5, 5.41) is 12.5. The normalized spacial score (nSPS) is 12.1. The van der Waals surface area contributed by atoms with E-state index in [1.54, 1.807) is 0 Å². The van der Waals surface area contributed by atoms with Crippen molar-refractivity contribution >= 4 is 22.5 Å². The van der Waals surface area contributed by atoms with Gasteiger partial charge < -0.3 is 10.6 Å². The zero-order valence-electron chi connectivity index (χ0n) is 14.9. The number of nitrogens with zero attached hydrogens (tertiary/aromatic N) is 2. The summed E-state index contributed by atoms with van der Waals surface area (Å²) in [5.41, 5.74) is 2.98. The predicted molar refractivity (Wildman–Crippen MR) is 102 cm³/mol. The van der Waals surface area contributed by atoms with Gasteiger partial charge in [-0.15, -0.1) is 0 Å². The number of anilines is 1. The number of nitrogens with one attached hydrogen (secondary N) is 2. The second-order valence-electron chi connectivity index (χ2n) is 6.58. The third-order valence-corrected chi connectivity index (χ3v) is 4.24. The topological polar surface area (TPSA) is 59.0 Å². The lowest BCUT2D eigenvalue weighted by molar-refractivity contribution is 0.249. The van der Waals surface area contributed by atoms with Gasteiger partial charge in [0, 0.05) is 24.2 Å². The third-order valence-electron chi connectivity index (χ3n) is 4.24. The van der Waals surface area contributed by atoms with Crippen LogP contribution in [0.25, 0.3) is 10.8 Å². The third kappa shape index (κ3) is 4.18. The van der Waals surface area contributed by atoms with Gasteiger partial charge in [0.15, 0.2) is 0 Å². The van der Waals surface area contributed by atoms with Crippen LogP contribution in [0, 0.1) is 19.8 Å². The lowest BCUT2D eigenvalue weighted by atomic mass is 10.1. The van der Waals surface area contributed by atoms with E-state index in [0.717, 1.165) is 34.4 Å². The van der Waals surface area contributed by atoms with Gasteiger partial charge in [-0.05, 0) is 37.3 Å². The van der Waals surface area contributed by atoms with Crippen molar-refractivity contribution in [2.45, 2.75) is 27.3 Å². The van der Waals surface area contributed by atoms with Crippen LogP contribution in [0.5, 0.6) is 0 Å². The molecule has 3 rings (SSSR count). The van der Waals surface area contributed by atoms with Crippen molar-refractivity contribution in [3.05, 3.63) is 59.9 Å². The molecule has 0 saturated heterocycles. The molecule has 2 N–H and O–H groups in total. The van der Waals surface area contributed by atoms with Gasteiger partial charge in [0.2, 0.25) is 0 Å². The second-order valence-corrected chi connectivity index (χ2v) is 6.58. The lowest BCUT2D eigenvalue weighted by Crippen LogP contribution is -2.33. The van der Waals surface area contributed by atoms with E-state index in [9.17, 15) is 4.79 Å². The number of aryl methyl sites for hydroxylation is 2. The Hall–Kier alpha value is -2.82. The average Bonchev–Trinajstić information content (AvgIpc) is 2.90. The molecule has 1 heterocycles. The highest BCUT2D eigenvalue weighted by Gasteiger charge is 2.10. The number of amides is 2. The second kappa shape index (κ2) is 7.38. The molecule has 2 amide bonds. The van der Waals surface area contributed by atoms with Gasteiger partial charge in [0.25, 0.3) is 0 Å². The van der Waals surface area contributed by atoms with Crippen molar-refractivity contribution < 1.29 is 4.79 Å². The van der Waals surface area contributed by atoms with E-state index in [1.165, 1.54) is 0 Å². The molecule has 0 bridgehead atoms. The van der Waals surface area contributed by atoms with Crippen molar-refractivity contribution in [3.63, 3.8) is 0 Å². The summed E-state index contributed by atoms with van der Waals surface area (Å²) in [6.45, 7) is 7.52. The van der Waals surface area contributed by atoms with Gasteiger partial charge >= 0.3 is 6.03 Å². The van der Waals surface area contributed by atoms with E-state index in [2.05, 4.69) is 28.7 Å².